The fourth-order valence-corrected chi connectivity index (χ4v) is 4.08. The Balaban J connectivity index is 4.54. The molecule has 0 aliphatic rings. The molecule has 0 bridgehead atoms. The molecule has 0 fully saturated rings. The van der Waals surface area contributed by atoms with Crippen LogP contribution in [0.4, 0.5) is 0 Å². The van der Waals surface area contributed by atoms with Crippen LogP contribution in [0.2, 0.25) is 0 Å². The highest BCUT2D eigenvalue weighted by atomic mass is 127. The molecule has 16 nitrogen and oxygen atoms in total. The van der Waals surface area contributed by atoms with Crippen LogP contribution in [-0.2, 0) is 66.5 Å². The average molecular weight is 833 g/mol. The lowest BCUT2D eigenvalue weighted by Gasteiger charge is -2.22. The summed E-state index contributed by atoms with van der Waals surface area (Å²) in [4.78, 5) is 51.9. The largest absolute Gasteiger partial charge is 0.499 e. The Labute approximate surface area is 310 Å². The highest BCUT2D eigenvalue weighted by Crippen LogP contribution is 2.01. The Morgan fingerprint density at radius 3 is 1.20 bits per heavy atom. The molecule has 50 heavy (non-hydrogen) atoms. The van der Waals surface area contributed by atoms with Crippen LogP contribution in [0.5, 0.6) is 0 Å². The second-order valence-corrected chi connectivity index (χ2v) is 11.2. The van der Waals surface area contributed by atoms with Crippen LogP contribution in [0.25, 0.3) is 0 Å². The summed E-state index contributed by atoms with van der Waals surface area (Å²) in [6.07, 6.45) is 3.33. The van der Waals surface area contributed by atoms with Gasteiger partial charge in [0.2, 0.25) is 0 Å². The molecule has 0 saturated heterocycles. The van der Waals surface area contributed by atoms with Crippen molar-refractivity contribution >= 4 is 46.5 Å². The molecule has 0 aromatic heterocycles. The van der Waals surface area contributed by atoms with Crippen LogP contribution in [0.1, 0.15) is 25.7 Å². The zero-order valence-electron chi connectivity index (χ0n) is 29.5. The third-order valence-corrected chi connectivity index (χ3v) is 6.92. The minimum atomic E-state index is -0.381. The Morgan fingerprint density at radius 1 is 0.480 bits per heavy atom. The van der Waals surface area contributed by atoms with E-state index in [2.05, 4.69) is 35.7 Å². The maximum Gasteiger partial charge on any atom is 0.307 e. The number of nitrogens with zero attached hydrogens (tertiary/aromatic N) is 2. The minimum Gasteiger partial charge on any atom is -0.499 e. The predicted octanol–water partition coefficient (Wildman–Crippen LogP) is 1.78. The number of hydrogen-bond acceptors (Lipinski definition) is 16. The molecule has 0 aliphatic carbocycles. The molecule has 0 spiro atoms. The topological polar surface area (TPSA) is 167 Å². The number of esters is 4. The number of carbonyl (C=O) groups excluding carboxylic acids is 4. The lowest BCUT2D eigenvalue weighted by Crippen LogP contribution is -2.33. The van der Waals surface area contributed by atoms with Crippen LogP contribution in [-0.4, -0.2) is 170 Å². The van der Waals surface area contributed by atoms with Gasteiger partial charge in [0.15, 0.2) is 0 Å². The molecule has 0 aromatic rings. The van der Waals surface area contributed by atoms with E-state index in [1.165, 1.54) is 19.6 Å². The third-order valence-electron chi connectivity index (χ3n) is 6.48. The van der Waals surface area contributed by atoms with E-state index in [9.17, 15) is 19.2 Å². The molecule has 0 amide bonds. The summed E-state index contributed by atoms with van der Waals surface area (Å²) in [5.41, 5.74) is 0. The van der Waals surface area contributed by atoms with Gasteiger partial charge in [-0.1, -0.05) is 35.7 Å². The number of halogens is 1. The predicted molar refractivity (Wildman–Crippen MR) is 191 cm³/mol. The summed E-state index contributed by atoms with van der Waals surface area (Å²) >= 11 is 2.14. The molecule has 0 heterocycles. The van der Waals surface area contributed by atoms with Crippen molar-refractivity contribution in [3.63, 3.8) is 0 Å². The summed E-state index contributed by atoms with van der Waals surface area (Å²) in [7, 11) is 1.34. The molecule has 0 N–H and O–H groups in total. The summed E-state index contributed by atoms with van der Waals surface area (Å²) in [6.45, 7) is 13.5. The minimum absolute atomic E-state index is 0.123. The van der Waals surface area contributed by atoms with E-state index in [-0.39, 0.29) is 76.0 Å². The van der Waals surface area contributed by atoms with Gasteiger partial charge in [-0.15, -0.1) is 0 Å². The molecule has 17 heteroatoms. The number of hydrogen-bond donors (Lipinski definition) is 0. The van der Waals surface area contributed by atoms with Gasteiger partial charge in [0, 0.05) is 43.7 Å². The number of carbonyl (C=O) groups is 4. The van der Waals surface area contributed by atoms with Gasteiger partial charge in [-0.3, -0.25) is 29.0 Å². The smallest absolute Gasteiger partial charge is 0.307 e. The molecule has 0 saturated carbocycles. The van der Waals surface area contributed by atoms with E-state index >= 15 is 0 Å². The highest BCUT2D eigenvalue weighted by molar-refractivity contribution is 14.1. The highest BCUT2D eigenvalue weighted by Gasteiger charge is 2.14. The van der Waals surface area contributed by atoms with Gasteiger partial charge in [-0.05, 0) is 0 Å². The summed E-state index contributed by atoms with van der Waals surface area (Å²) < 4.78 is 53.0. The number of methoxy groups -OCH3 is 1. The molecule has 0 aliphatic heterocycles. The van der Waals surface area contributed by atoms with Crippen molar-refractivity contribution in [3.05, 3.63) is 25.7 Å². The maximum atomic E-state index is 12.3. The molecular weight excluding hydrogens is 775 g/mol. The Morgan fingerprint density at radius 2 is 0.820 bits per heavy atom. The lowest BCUT2D eigenvalue weighted by molar-refractivity contribution is -0.146. The number of ether oxygens (including phenoxy) is 10. The molecular formula is C33H57IN2O14. The van der Waals surface area contributed by atoms with Crippen molar-refractivity contribution in [2.45, 2.75) is 25.7 Å². The molecule has 0 atom stereocenters. The molecule has 290 valence electrons. The van der Waals surface area contributed by atoms with E-state index < -0.39 is 0 Å². The number of alkyl halides is 1. The van der Waals surface area contributed by atoms with Gasteiger partial charge < -0.3 is 47.4 Å². The Bertz CT molecular complexity index is 861. The first-order chi connectivity index (χ1) is 24.4. The zero-order valence-corrected chi connectivity index (χ0v) is 31.7. The summed E-state index contributed by atoms with van der Waals surface area (Å²) in [6, 6.07) is 0. The van der Waals surface area contributed by atoms with Crippen molar-refractivity contribution in [3.8, 4) is 0 Å². The summed E-state index contributed by atoms with van der Waals surface area (Å²) in [5, 5.41) is 0. The third kappa shape index (κ3) is 32.6. The van der Waals surface area contributed by atoms with Crippen molar-refractivity contribution in [2.24, 2.45) is 0 Å². The molecule has 0 unspecified atom stereocenters. The normalized spacial score (nSPS) is 10.9. The van der Waals surface area contributed by atoms with Gasteiger partial charge in [0.1, 0.15) is 33.0 Å². The lowest BCUT2D eigenvalue weighted by atomic mass is 10.3. The van der Waals surface area contributed by atoms with Crippen molar-refractivity contribution < 1.29 is 66.5 Å². The first-order valence-electron chi connectivity index (χ1n) is 16.7. The van der Waals surface area contributed by atoms with E-state index in [0.717, 1.165) is 4.43 Å². The van der Waals surface area contributed by atoms with Crippen LogP contribution in [0, 0.1) is 0 Å². The second-order valence-electron chi connectivity index (χ2n) is 10.1. The van der Waals surface area contributed by atoms with E-state index in [4.69, 9.17) is 47.4 Å². The van der Waals surface area contributed by atoms with Gasteiger partial charge >= 0.3 is 23.9 Å². The quantitative estimate of drug-likeness (QED) is 0.0222. The first kappa shape index (κ1) is 47.4. The van der Waals surface area contributed by atoms with Gasteiger partial charge in [-0.25, -0.2) is 0 Å². The monoisotopic (exact) mass is 832 g/mol. The van der Waals surface area contributed by atoms with Crippen LogP contribution in [0.15, 0.2) is 25.7 Å². The second kappa shape index (κ2) is 36.2. The van der Waals surface area contributed by atoms with Gasteiger partial charge in [0.25, 0.3) is 0 Å². The SMILES string of the molecule is C=COCCOCCOC(=O)CCN(CCOCCOCCN(CCC(=O)OC)CCC(=O)OCCI)CCC(=O)OCCOCCOC=C. The number of rotatable bonds is 37. The molecule has 0 radical (unpaired) electrons. The van der Waals surface area contributed by atoms with Crippen LogP contribution >= 0.6 is 22.6 Å². The molecule has 0 rings (SSSR count). The van der Waals surface area contributed by atoms with E-state index in [0.29, 0.717) is 98.7 Å². The Kier molecular flexibility index (Phi) is 34.4. The van der Waals surface area contributed by atoms with Gasteiger partial charge in [-0.2, -0.15) is 0 Å². The van der Waals surface area contributed by atoms with Crippen LogP contribution < -0.4 is 0 Å². The van der Waals surface area contributed by atoms with Crippen molar-refractivity contribution in [1.82, 2.24) is 9.80 Å². The van der Waals surface area contributed by atoms with Crippen LogP contribution in [0.3, 0.4) is 0 Å². The van der Waals surface area contributed by atoms with E-state index in [1.807, 2.05) is 9.80 Å². The fourth-order valence-electron chi connectivity index (χ4n) is 3.86. The fraction of sp³-hybridized carbons (Fsp3) is 0.758. The standard InChI is InChI=1S/C33H57IN2O14/c1-4-42-20-22-46-26-28-49-32(39)8-13-36(14-9-33(40)50-29-27-47-23-21-43-5-2)16-19-45-25-24-44-18-15-35(11-6-30(37)41-3)12-7-31(38)48-17-10-34/h4-5H,1-2,6-29H2,3H3. The van der Waals surface area contributed by atoms with Crippen molar-refractivity contribution in [1.29, 1.82) is 0 Å². The molecule has 0 aromatic carbocycles. The van der Waals surface area contributed by atoms with Crippen molar-refractivity contribution in [2.75, 3.05) is 137 Å². The average Bonchev–Trinajstić information content (AvgIpc) is 3.12. The Hall–Kier alpha value is -2.55. The zero-order chi connectivity index (χ0) is 36.9. The van der Waals surface area contributed by atoms with E-state index in [1.54, 1.807) is 0 Å². The first-order valence-corrected chi connectivity index (χ1v) is 18.2. The summed E-state index contributed by atoms with van der Waals surface area (Å²) in [5.74, 6) is -1.37. The maximum absolute atomic E-state index is 12.3. The van der Waals surface area contributed by atoms with Gasteiger partial charge in [0.05, 0.1) is 98.2 Å².